The van der Waals surface area contributed by atoms with Gasteiger partial charge in [0.05, 0.1) is 5.01 Å². The highest BCUT2D eigenvalue weighted by atomic mass is 32.1. The van der Waals surface area contributed by atoms with Gasteiger partial charge >= 0.3 is 5.97 Å². The van der Waals surface area contributed by atoms with E-state index >= 15 is 0 Å². The first-order valence-corrected chi connectivity index (χ1v) is 6.43. The fraction of sp³-hybridized carbons (Fsp3) is 0.636. The van der Waals surface area contributed by atoms with Crippen LogP contribution in [-0.2, 0) is 11.2 Å². The largest absolute Gasteiger partial charge is 0.480 e. The van der Waals surface area contributed by atoms with Gasteiger partial charge < -0.3 is 10.4 Å². The second kappa shape index (κ2) is 4.93. The molecule has 0 aliphatic carbocycles. The van der Waals surface area contributed by atoms with E-state index in [2.05, 4.69) is 10.3 Å². The Morgan fingerprint density at radius 2 is 2.50 bits per heavy atom. The molecule has 16 heavy (non-hydrogen) atoms. The van der Waals surface area contributed by atoms with E-state index in [9.17, 15) is 4.79 Å². The number of nitrogens with zero attached hydrogens (tertiary/aromatic N) is 1. The number of aliphatic carboxylic acids is 1. The summed E-state index contributed by atoms with van der Waals surface area (Å²) in [5.74, 6) is -0.736. The van der Waals surface area contributed by atoms with Gasteiger partial charge in [-0.2, -0.15) is 0 Å². The minimum absolute atomic E-state index is 0.264. The van der Waals surface area contributed by atoms with Gasteiger partial charge in [-0.1, -0.05) is 0 Å². The summed E-state index contributed by atoms with van der Waals surface area (Å²) in [6.45, 7) is 1.98. The molecule has 2 atom stereocenters. The maximum atomic E-state index is 10.9. The van der Waals surface area contributed by atoms with Crippen LogP contribution in [0.1, 0.15) is 30.0 Å². The number of carbonyl (C=O) groups is 1. The molecule has 1 aromatic heterocycles. The van der Waals surface area contributed by atoms with Gasteiger partial charge in [-0.05, 0) is 26.2 Å². The quantitative estimate of drug-likeness (QED) is 0.842. The Labute approximate surface area is 98.7 Å². The molecule has 1 aliphatic heterocycles. The topological polar surface area (TPSA) is 62.2 Å². The van der Waals surface area contributed by atoms with Crippen LogP contribution >= 0.6 is 11.3 Å². The van der Waals surface area contributed by atoms with Crippen molar-refractivity contribution in [3.8, 4) is 0 Å². The maximum Gasteiger partial charge on any atom is 0.320 e. The molecular formula is C11H16N2O2S. The summed E-state index contributed by atoms with van der Waals surface area (Å²) in [6.07, 6.45) is 3.62. The number of aromatic nitrogens is 1. The predicted molar refractivity (Wildman–Crippen MR) is 62.8 cm³/mol. The van der Waals surface area contributed by atoms with E-state index in [0.717, 1.165) is 36.4 Å². The Morgan fingerprint density at radius 1 is 1.69 bits per heavy atom. The third kappa shape index (κ3) is 2.80. The van der Waals surface area contributed by atoms with Gasteiger partial charge in [-0.25, -0.2) is 4.98 Å². The highest BCUT2D eigenvalue weighted by molar-refractivity contribution is 7.09. The van der Waals surface area contributed by atoms with Gasteiger partial charge in [0.25, 0.3) is 0 Å². The lowest BCUT2D eigenvalue weighted by molar-refractivity contribution is -0.140. The molecule has 2 rings (SSSR count). The lowest BCUT2D eigenvalue weighted by atomic mass is 9.97. The van der Waals surface area contributed by atoms with Crippen molar-refractivity contribution in [3.05, 3.63) is 16.1 Å². The highest BCUT2D eigenvalue weighted by Gasteiger charge is 2.26. The Kier molecular flexibility index (Phi) is 3.56. The van der Waals surface area contributed by atoms with Crippen molar-refractivity contribution in [2.45, 2.75) is 44.7 Å². The molecule has 2 heterocycles. The van der Waals surface area contributed by atoms with Crippen LogP contribution in [0.15, 0.2) is 5.38 Å². The molecule has 1 fully saturated rings. The molecule has 0 spiro atoms. The van der Waals surface area contributed by atoms with Gasteiger partial charge in [0, 0.05) is 23.5 Å². The van der Waals surface area contributed by atoms with Crippen molar-refractivity contribution in [1.29, 1.82) is 0 Å². The second-order valence-corrected chi connectivity index (χ2v) is 5.21. The van der Waals surface area contributed by atoms with E-state index in [1.807, 2.05) is 12.3 Å². The molecule has 0 amide bonds. The van der Waals surface area contributed by atoms with Crippen LogP contribution < -0.4 is 5.32 Å². The summed E-state index contributed by atoms with van der Waals surface area (Å²) in [5, 5.41) is 15.3. The molecule has 1 aromatic rings. The number of nitrogens with one attached hydrogen (secondary N) is 1. The zero-order valence-corrected chi connectivity index (χ0v) is 10.1. The molecule has 0 bridgehead atoms. The summed E-state index contributed by atoms with van der Waals surface area (Å²) in [5.41, 5.74) is 1.05. The third-order valence-corrected chi connectivity index (χ3v) is 3.86. The van der Waals surface area contributed by atoms with Crippen LogP contribution in [0.2, 0.25) is 0 Å². The number of hydrogen-bond acceptors (Lipinski definition) is 4. The van der Waals surface area contributed by atoms with Crippen LogP contribution in [0.5, 0.6) is 0 Å². The van der Waals surface area contributed by atoms with Crippen LogP contribution in [0.4, 0.5) is 0 Å². The smallest absolute Gasteiger partial charge is 0.320 e. The lowest BCUT2D eigenvalue weighted by Crippen LogP contribution is -2.47. The average Bonchev–Trinajstić information content (AvgIpc) is 2.64. The summed E-state index contributed by atoms with van der Waals surface area (Å²) in [6, 6.07) is -0.111. The van der Waals surface area contributed by atoms with E-state index in [0.29, 0.717) is 0 Å². The number of piperidine rings is 1. The van der Waals surface area contributed by atoms with Crippen LogP contribution in [0, 0.1) is 6.92 Å². The standard InChI is InChI=1S/C11H16N2O2S/c1-7-6-16-10(12-7)5-8-3-2-4-9(13-8)11(14)15/h6,8-9,13H,2-5H2,1H3,(H,14,15). The van der Waals surface area contributed by atoms with E-state index in [-0.39, 0.29) is 12.1 Å². The van der Waals surface area contributed by atoms with E-state index in [1.54, 1.807) is 11.3 Å². The van der Waals surface area contributed by atoms with Crippen molar-refractivity contribution in [3.63, 3.8) is 0 Å². The summed E-state index contributed by atoms with van der Waals surface area (Å²) >= 11 is 1.65. The van der Waals surface area contributed by atoms with Crippen molar-refractivity contribution in [1.82, 2.24) is 10.3 Å². The van der Waals surface area contributed by atoms with Gasteiger partial charge in [0.2, 0.25) is 0 Å². The zero-order chi connectivity index (χ0) is 11.5. The Bertz CT molecular complexity index is 378. The van der Waals surface area contributed by atoms with E-state index in [1.165, 1.54) is 0 Å². The molecule has 0 saturated carbocycles. The molecule has 0 aromatic carbocycles. The van der Waals surface area contributed by atoms with Crippen molar-refractivity contribution in [2.75, 3.05) is 0 Å². The zero-order valence-electron chi connectivity index (χ0n) is 9.27. The lowest BCUT2D eigenvalue weighted by Gasteiger charge is -2.27. The van der Waals surface area contributed by atoms with E-state index < -0.39 is 5.97 Å². The monoisotopic (exact) mass is 240 g/mol. The molecule has 4 nitrogen and oxygen atoms in total. The molecular weight excluding hydrogens is 224 g/mol. The average molecular weight is 240 g/mol. The fourth-order valence-electron chi connectivity index (χ4n) is 2.08. The summed E-state index contributed by atoms with van der Waals surface area (Å²) in [4.78, 5) is 15.3. The first-order valence-electron chi connectivity index (χ1n) is 5.55. The van der Waals surface area contributed by atoms with Gasteiger partial charge in [-0.15, -0.1) is 11.3 Å². The first-order chi connectivity index (χ1) is 7.65. The summed E-state index contributed by atoms with van der Waals surface area (Å²) < 4.78 is 0. The fourth-order valence-corrected chi connectivity index (χ4v) is 2.94. The number of thiazole rings is 1. The van der Waals surface area contributed by atoms with Crippen LogP contribution in [0.3, 0.4) is 0 Å². The van der Waals surface area contributed by atoms with Crippen molar-refractivity contribution in [2.24, 2.45) is 0 Å². The Morgan fingerprint density at radius 3 is 3.12 bits per heavy atom. The SMILES string of the molecule is Cc1csc(CC2CCCC(C(=O)O)N2)n1. The van der Waals surface area contributed by atoms with Crippen LogP contribution in [-0.4, -0.2) is 28.1 Å². The molecule has 1 saturated heterocycles. The van der Waals surface area contributed by atoms with Gasteiger partial charge in [0.15, 0.2) is 0 Å². The minimum Gasteiger partial charge on any atom is -0.480 e. The minimum atomic E-state index is -0.736. The number of carboxylic acids is 1. The number of hydrogen-bond donors (Lipinski definition) is 2. The Balaban J connectivity index is 1.92. The van der Waals surface area contributed by atoms with Crippen molar-refractivity contribution < 1.29 is 9.90 Å². The van der Waals surface area contributed by atoms with E-state index in [4.69, 9.17) is 5.11 Å². The molecule has 2 N–H and O–H groups in total. The van der Waals surface area contributed by atoms with Gasteiger partial charge in [0.1, 0.15) is 6.04 Å². The maximum absolute atomic E-state index is 10.9. The number of rotatable bonds is 3. The molecule has 2 unspecified atom stereocenters. The molecule has 0 radical (unpaired) electrons. The highest BCUT2D eigenvalue weighted by Crippen LogP contribution is 2.18. The van der Waals surface area contributed by atoms with Crippen LogP contribution in [0.25, 0.3) is 0 Å². The number of aryl methyl sites for hydroxylation is 1. The predicted octanol–water partition coefficient (Wildman–Crippen LogP) is 1.59. The first kappa shape index (κ1) is 11.5. The third-order valence-electron chi connectivity index (χ3n) is 2.87. The molecule has 88 valence electrons. The molecule has 1 aliphatic rings. The second-order valence-electron chi connectivity index (χ2n) is 4.27. The van der Waals surface area contributed by atoms with Gasteiger partial charge in [-0.3, -0.25) is 4.79 Å². The number of carboxylic acid groups (broad SMARTS) is 1. The molecule has 5 heteroatoms. The summed E-state index contributed by atoms with van der Waals surface area (Å²) in [7, 11) is 0. The normalized spacial score (nSPS) is 25.6. The Hall–Kier alpha value is -0.940. The van der Waals surface area contributed by atoms with Crippen molar-refractivity contribution >= 4 is 17.3 Å².